The number of nitrogens with one attached hydrogen (secondary N) is 4. The van der Waals surface area contributed by atoms with E-state index in [0.717, 1.165) is 16.7 Å². The largest absolute Gasteiger partial charge is 0.493 e. The zero-order valence-corrected chi connectivity index (χ0v) is 26.8. The number of hydroxylamine groups is 1. The number of nitrogens with zero attached hydrogens (tertiary/aromatic N) is 2. The van der Waals surface area contributed by atoms with Crippen molar-refractivity contribution in [1.82, 2.24) is 15.4 Å². The van der Waals surface area contributed by atoms with Crippen LogP contribution >= 0.6 is 23.2 Å². The smallest absolute Gasteiger partial charge is 0.261 e. The molecule has 46 heavy (non-hydrogen) atoms. The number of aromatic nitrogens is 2. The van der Waals surface area contributed by atoms with Crippen LogP contribution in [0.2, 0.25) is 10.0 Å². The van der Waals surface area contributed by atoms with Gasteiger partial charge >= 0.3 is 0 Å². The summed E-state index contributed by atoms with van der Waals surface area (Å²) in [6.45, 7) is -0.0310. The van der Waals surface area contributed by atoms with Crippen LogP contribution in [0, 0.1) is 0 Å². The molecule has 4 aromatic carbocycles. The summed E-state index contributed by atoms with van der Waals surface area (Å²) in [6.07, 6.45) is -0.0939. The number of anilines is 3. The Hall–Kier alpha value is -4.82. The molecule has 1 aromatic heterocycles. The summed E-state index contributed by atoms with van der Waals surface area (Å²) < 4.78 is 34.0. The summed E-state index contributed by atoms with van der Waals surface area (Å²) in [4.78, 5) is 34.1. The van der Waals surface area contributed by atoms with Gasteiger partial charge in [-0.3, -0.25) is 19.5 Å². The minimum Gasteiger partial charge on any atom is -0.493 e. The third kappa shape index (κ3) is 7.51. The number of carbonyl (C=O) groups is 2. The standard InChI is InChI=1S/C31H28Cl2N6O6S/c1-39(2)20-7-11-27-28(16-20)36-30(35-27)24-15-18(6-10-25(24)32)34-31(41)23-9-8-22(17-26(23)33)46(43,44)38-19-4-3-5-21(14-19)45-13-12-29(40)37-42/h3-11,14-17,38,42H,12-13H2,1-2H3,(H,34,41)(H,35,36)(H,37,40). The summed E-state index contributed by atoms with van der Waals surface area (Å²) in [5.74, 6) is -0.348. The van der Waals surface area contributed by atoms with Crippen LogP contribution in [0.3, 0.4) is 0 Å². The highest BCUT2D eigenvalue weighted by molar-refractivity contribution is 7.92. The Balaban J connectivity index is 1.29. The first-order valence-corrected chi connectivity index (χ1v) is 15.9. The minimum atomic E-state index is -4.10. The quantitative estimate of drug-likeness (QED) is 0.0844. The second-order valence-corrected chi connectivity index (χ2v) is 12.7. The summed E-state index contributed by atoms with van der Waals surface area (Å²) in [7, 11) is -0.205. The number of hydrogen-bond donors (Lipinski definition) is 5. The fourth-order valence-corrected chi connectivity index (χ4v) is 6.03. The predicted octanol–water partition coefficient (Wildman–Crippen LogP) is 5.93. The van der Waals surface area contributed by atoms with Gasteiger partial charge in [0.25, 0.3) is 15.9 Å². The van der Waals surface area contributed by atoms with Crippen LogP contribution < -0.4 is 25.2 Å². The molecule has 5 N–H and O–H groups in total. The molecule has 0 unspecified atom stereocenters. The molecular formula is C31H28Cl2N6O6S. The molecule has 0 fully saturated rings. The van der Waals surface area contributed by atoms with Gasteiger partial charge in [-0.15, -0.1) is 0 Å². The molecule has 0 aliphatic rings. The normalized spacial score (nSPS) is 11.2. The van der Waals surface area contributed by atoms with Gasteiger partial charge in [-0.1, -0.05) is 29.3 Å². The minimum absolute atomic E-state index is 0.0310. The Bertz CT molecular complexity index is 2050. The topological polar surface area (TPSA) is 166 Å². The van der Waals surface area contributed by atoms with E-state index in [1.54, 1.807) is 30.3 Å². The number of benzene rings is 4. The van der Waals surface area contributed by atoms with Crippen LogP contribution in [0.25, 0.3) is 22.4 Å². The number of imidazole rings is 1. The third-order valence-corrected chi connectivity index (χ3v) is 8.79. The van der Waals surface area contributed by atoms with Crippen molar-refractivity contribution in [2.75, 3.05) is 35.6 Å². The van der Waals surface area contributed by atoms with Crippen molar-refractivity contribution < 1.29 is 28.0 Å². The van der Waals surface area contributed by atoms with Crippen LogP contribution in [0.15, 0.2) is 83.8 Å². The average molecular weight is 684 g/mol. The van der Waals surface area contributed by atoms with Crippen molar-refractivity contribution >= 4 is 73.1 Å². The number of carbonyl (C=O) groups excluding carboxylic acids is 2. The number of rotatable bonds is 11. The van der Waals surface area contributed by atoms with Gasteiger partial charge in [-0.05, 0) is 66.7 Å². The van der Waals surface area contributed by atoms with E-state index in [1.807, 2.05) is 37.2 Å². The maximum absolute atomic E-state index is 13.2. The molecule has 5 aromatic rings. The van der Waals surface area contributed by atoms with Crippen LogP contribution in [-0.2, 0) is 14.8 Å². The van der Waals surface area contributed by atoms with E-state index >= 15 is 0 Å². The molecular weight excluding hydrogens is 655 g/mol. The SMILES string of the molecule is CN(C)c1ccc2nc(-c3cc(NC(=O)c4ccc(S(=O)(=O)Nc5cccc(OCCC(=O)NO)c5)cc4Cl)ccc3Cl)[nH]c2c1. The molecule has 0 saturated carbocycles. The third-order valence-electron chi connectivity index (χ3n) is 6.77. The molecule has 0 atom stereocenters. The van der Waals surface area contributed by atoms with Crippen LogP contribution in [0.4, 0.5) is 17.1 Å². The van der Waals surface area contributed by atoms with E-state index in [4.69, 9.17) is 33.1 Å². The number of hydrogen-bond acceptors (Lipinski definition) is 8. The van der Waals surface area contributed by atoms with Crippen molar-refractivity contribution in [2.24, 2.45) is 0 Å². The van der Waals surface area contributed by atoms with E-state index in [0.29, 0.717) is 27.8 Å². The lowest BCUT2D eigenvalue weighted by molar-refractivity contribution is -0.129. The number of halogens is 2. The van der Waals surface area contributed by atoms with E-state index in [-0.39, 0.29) is 34.2 Å². The summed E-state index contributed by atoms with van der Waals surface area (Å²) in [6, 6.07) is 20.6. The Morgan fingerprint density at radius 2 is 1.76 bits per heavy atom. The van der Waals surface area contributed by atoms with Gasteiger partial charge in [0.15, 0.2) is 0 Å². The van der Waals surface area contributed by atoms with Crippen molar-refractivity contribution in [3.05, 3.63) is 94.5 Å². The van der Waals surface area contributed by atoms with Crippen LogP contribution in [0.1, 0.15) is 16.8 Å². The first-order valence-electron chi connectivity index (χ1n) is 13.7. The fourth-order valence-electron chi connectivity index (χ4n) is 4.41. The molecule has 0 spiro atoms. The monoisotopic (exact) mass is 682 g/mol. The number of sulfonamides is 1. The van der Waals surface area contributed by atoms with Crippen molar-refractivity contribution in [1.29, 1.82) is 0 Å². The van der Waals surface area contributed by atoms with Gasteiger partial charge < -0.3 is 19.9 Å². The van der Waals surface area contributed by atoms with E-state index in [2.05, 4.69) is 20.0 Å². The molecule has 0 bridgehead atoms. The van der Waals surface area contributed by atoms with Crippen LogP contribution in [0.5, 0.6) is 5.75 Å². The second-order valence-electron chi connectivity index (χ2n) is 10.2. The highest BCUT2D eigenvalue weighted by Crippen LogP contribution is 2.32. The first-order chi connectivity index (χ1) is 21.9. The first kappa shape index (κ1) is 32.6. The van der Waals surface area contributed by atoms with Gasteiger partial charge in [0.1, 0.15) is 11.6 Å². The summed E-state index contributed by atoms with van der Waals surface area (Å²) >= 11 is 12.9. The number of H-pyrrole nitrogens is 1. The van der Waals surface area contributed by atoms with E-state index < -0.39 is 21.8 Å². The average Bonchev–Trinajstić information content (AvgIpc) is 3.45. The van der Waals surface area contributed by atoms with Crippen molar-refractivity contribution in [3.63, 3.8) is 0 Å². The maximum atomic E-state index is 13.2. The molecule has 2 amide bonds. The Kier molecular flexibility index (Phi) is 9.68. The van der Waals surface area contributed by atoms with Gasteiger partial charge in [0, 0.05) is 37.1 Å². The molecule has 0 aliphatic carbocycles. The Labute approximate surface area is 274 Å². The van der Waals surface area contributed by atoms with Gasteiger partial charge in [0.05, 0.1) is 50.3 Å². The predicted molar refractivity (Wildman–Crippen MR) is 178 cm³/mol. The number of ether oxygens (including phenoxy) is 1. The highest BCUT2D eigenvalue weighted by atomic mass is 35.5. The van der Waals surface area contributed by atoms with Gasteiger partial charge in [-0.2, -0.15) is 0 Å². The highest BCUT2D eigenvalue weighted by Gasteiger charge is 2.20. The number of aromatic amines is 1. The maximum Gasteiger partial charge on any atom is 0.261 e. The Morgan fingerprint density at radius 1 is 0.957 bits per heavy atom. The van der Waals surface area contributed by atoms with E-state index in [1.165, 1.54) is 35.8 Å². The summed E-state index contributed by atoms with van der Waals surface area (Å²) in [5.41, 5.74) is 5.34. The fraction of sp³-hybridized carbons (Fsp3) is 0.129. The number of amides is 2. The molecule has 238 valence electrons. The molecule has 12 nitrogen and oxygen atoms in total. The van der Waals surface area contributed by atoms with Gasteiger partial charge in [-0.25, -0.2) is 18.9 Å². The lowest BCUT2D eigenvalue weighted by atomic mass is 10.1. The molecule has 0 radical (unpaired) electrons. The molecule has 0 saturated heterocycles. The van der Waals surface area contributed by atoms with Gasteiger partial charge in [0.2, 0.25) is 5.91 Å². The van der Waals surface area contributed by atoms with E-state index in [9.17, 15) is 18.0 Å². The van der Waals surface area contributed by atoms with Crippen LogP contribution in [-0.4, -0.2) is 56.1 Å². The molecule has 15 heteroatoms. The molecule has 1 heterocycles. The summed E-state index contributed by atoms with van der Waals surface area (Å²) in [5, 5.41) is 11.7. The zero-order valence-electron chi connectivity index (χ0n) is 24.5. The lowest BCUT2D eigenvalue weighted by Crippen LogP contribution is -2.20. The Morgan fingerprint density at radius 3 is 2.50 bits per heavy atom. The van der Waals surface area contributed by atoms with Crippen molar-refractivity contribution in [3.8, 4) is 17.1 Å². The number of fused-ring (bicyclic) bond motifs is 1. The van der Waals surface area contributed by atoms with Crippen molar-refractivity contribution in [2.45, 2.75) is 11.3 Å². The zero-order chi connectivity index (χ0) is 33.0. The molecule has 5 rings (SSSR count). The molecule has 0 aliphatic heterocycles. The lowest BCUT2D eigenvalue weighted by Gasteiger charge is -2.12. The second kappa shape index (κ2) is 13.7.